The zero-order valence-corrected chi connectivity index (χ0v) is 16.5. The number of nitrogens with zero attached hydrogens (tertiary/aromatic N) is 4. The van der Waals surface area contributed by atoms with Crippen LogP contribution in [0.3, 0.4) is 0 Å². The van der Waals surface area contributed by atoms with Crippen molar-refractivity contribution in [2.75, 3.05) is 13.1 Å². The maximum Gasteiger partial charge on any atom is 0.251 e. The van der Waals surface area contributed by atoms with E-state index in [2.05, 4.69) is 34.1 Å². The van der Waals surface area contributed by atoms with Crippen LogP contribution in [-0.2, 0) is 19.6 Å². The predicted octanol–water partition coefficient (Wildman–Crippen LogP) is 3.10. The van der Waals surface area contributed by atoms with E-state index in [9.17, 15) is 4.79 Å². The van der Waals surface area contributed by atoms with E-state index < -0.39 is 0 Å². The third-order valence-electron chi connectivity index (χ3n) is 4.87. The van der Waals surface area contributed by atoms with Crippen LogP contribution < -0.4 is 5.32 Å². The number of carbonyl (C=O) groups is 1. The quantitative estimate of drug-likeness (QED) is 0.622. The summed E-state index contributed by atoms with van der Waals surface area (Å²) in [6.45, 7) is 8.37. The van der Waals surface area contributed by atoms with Crippen LogP contribution in [0, 0.1) is 0 Å². The van der Waals surface area contributed by atoms with Crippen molar-refractivity contribution in [3.05, 3.63) is 83.4 Å². The molecule has 0 saturated carbocycles. The van der Waals surface area contributed by atoms with Crippen molar-refractivity contribution in [1.29, 1.82) is 0 Å². The number of benzene rings is 2. The molecule has 0 aliphatic heterocycles. The average Bonchev–Trinajstić information content (AvgIpc) is 3.24. The van der Waals surface area contributed by atoms with Gasteiger partial charge in [0.2, 0.25) is 0 Å². The summed E-state index contributed by atoms with van der Waals surface area (Å²) in [5, 5.41) is 7.17. The number of rotatable bonds is 9. The Balaban J connectivity index is 1.60. The number of aromatic nitrogens is 3. The van der Waals surface area contributed by atoms with E-state index in [1.54, 1.807) is 11.0 Å². The molecule has 146 valence electrons. The Hall–Kier alpha value is -2.99. The Morgan fingerprint density at radius 1 is 1.04 bits per heavy atom. The Morgan fingerprint density at radius 3 is 2.39 bits per heavy atom. The summed E-state index contributed by atoms with van der Waals surface area (Å²) in [5.74, 6) is -0.0649. The summed E-state index contributed by atoms with van der Waals surface area (Å²) in [5.41, 5.74) is 4.09. The van der Waals surface area contributed by atoms with Crippen molar-refractivity contribution in [3.63, 3.8) is 0 Å². The van der Waals surface area contributed by atoms with Crippen molar-refractivity contribution >= 4 is 5.91 Å². The van der Waals surface area contributed by atoms with Crippen LogP contribution in [0.5, 0.6) is 0 Å². The van der Waals surface area contributed by atoms with Crippen molar-refractivity contribution < 1.29 is 4.79 Å². The van der Waals surface area contributed by atoms with Crippen LogP contribution in [0.25, 0.3) is 0 Å². The first-order chi connectivity index (χ1) is 13.7. The Labute approximate surface area is 166 Å². The smallest absolute Gasteiger partial charge is 0.251 e. The first-order valence-electron chi connectivity index (χ1n) is 9.68. The number of nitrogens with one attached hydrogen (secondary N) is 1. The largest absolute Gasteiger partial charge is 0.348 e. The zero-order chi connectivity index (χ0) is 19.8. The number of carbonyl (C=O) groups excluding carboxylic acids is 1. The van der Waals surface area contributed by atoms with Crippen molar-refractivity contribution in [2.45, 2.75) is 33.5 Å². The maximum atomic E-state index is 12.5. The fourth-order valence-corrected chi connectivity index (χ4v) is 3.12. The second-order valence-corrected chi connectivity index (χ2v) is 6.70. The van der Waals surface area contributed by atoms with Gasteiger partial charge in [-0.15, -0.1) is 0 Å². The second-order valence-electron chi connectivity index (χ2n) is 6.70. The lowest BCUT2D eigenvalue weighted by Crippen LogP contribution is -2.24. The Bertz CT molecular complexity index is 870. The van der Waals surface area contributed by atoms with Crippen LogP contribution in [0.15, 0.2) is 61.2 Å². The van der Waals surface area contributed by atoms with Gasteiger partial charge in [0.15, 0.2) is 0 Å². The van der Waals surface area contributed by atoms with Crippen LogP contribution in [0.1, 0.15) is 40.9 Å². The third kappa shape index (κ3) is 5.27. The highest BCUT2D eigenvalue weighted by molar-refractivity contribution is 5.94. The van der Waals surface area contributed by atoms with Gasteiger partial charge in [-0.05, 0) is 41.9 Å². The van der Waals surface area contributed by atoms with Crippen LogP contribution >= 0.6 is 0 Å². The summed E-state index contributed by atoms with van der Waals surface area (Å²) >= 11 is 0. The lowest BCUT2D eigenvalue weighted by atomic mass is 10.1. The summed E-state index contributed by atoms with van der Waals surface area (Å²) in [6, 6.07) is 15.9. The van der Waals surface area contributed by atoms with Gasteiger partial charge < -0.3 is 5.32 Å². The van der Waals surface area contributed by atoms with Gasteiger partial charge in [0.1, 0.15) is 12.7 Å². The van der Waals surface area contributed by atoms with E-state index in [1.165, 1.54) is 11.9 Å². The fourth-order valence-electron chi connectivity index (χ4n) is 3.12. The van der Waals surface area contributed by atoms with Crippen molar-refractivity contribution in [2.24, 2.45) is 0 Å². The van der Waals surface area contributed by atoms with Gasteiger partial charge >= 0.3 is 0 Å². The van der Waals surface area contributed by atoms with Gasteiger partial charge in [0.25, 0.3) is 5.91 Å². The number of amides is 1. The molecule has 2 aromatic carbocycles. The molecule has 6 heteroatoms. The minimum absolute atomic E-state index is 0.0649. The van der Waals surface area contributed by atoms with Crippen molar-refractivity contribution in [3.8, 4) is 0 Å². The van der Waals surface area contributed by atoms with Gasteiger partial charge in [0, 0.05) is 18.7 Å². The van der Waals surface area contributed by atoms with Crippen LogP contribution in [-0.4, -0.2) is 38.7 Å². The molecule has 28 heavy (non-hydrogen) atoms. The van der Waals surface area contributed by atoms with E-state index in [1.807, 2.05) is 48.5 Å². The molecule has 0 fully saturated rings. The molecule has 6 nitrogen and oxygen atoms in total. The van der Waals surface area contributed by atoms with Gasteiger partial charge in [-0.2, -0.15) is 5.10 Å². The van der Waals surface area contributed by atoms with Gasteiger partial charge in [-0.25, -0.2) is 9.67 Å². The molecule has 0 unspecified atom stereocenters. The molecule has 0 bridgehead atoms. The van der Waals surface area contributed by atoms with E-state index in [0.717, 1.165) is 30.8 Å². The molecule has 0 saturated heterocycles. The molecule has 1 aromatic heterocycles. The highest BCUT2D eigenvalue weighted by Gasteiger charge is 2.09. The lowest BCUT2D eigenvalue weighted by Gasteiger charge is -2.18. The van der Waals surface area contributed by atoms with Crippen LogP contribution in [0.2, 0.25) is 0 Å². The molecule has 1 N–H and O–H groups in total. The van der Waals surface area contributed by atoms with Crippen LogP contribution in [0.4, 0.5) is 0 Å². The molecule has 0 atom stereocenters. The van der Waals surface area contributed by atoms with Crippen molar-refractivity contribution in [1.82, 2.24) is 25.0 Å². The van der Waals surface area contributed by atoms with E-state index in [0.29, 0.717) is 18.7 Å². The summed E-state index contributed by atoms with van der Waals surface area (Å²) in [7, 11) is 0. The monoisotopic (exact) mass is 377 g/mol. The molecule has 0 spiro atoms. The Kier molecular flexibility index (Phi) is 6.92. The molecule has 0 aliphatic rings. The highest BCUT2D eigenvalue weighted by atomic mass is 16.1. The van der Waals surface area contributed by atoms with Gasteiger partial charge in [-0.1, -0.05) is 50.2 Å². The first-order valence-corrected chi connectivity index (χ1v) is 9.68. The molecule has 0 radical (unpaired) electrons. The highest BCUT2D eigenvalue weighted by Crippen LogP contribution is 2.11. The predicted molar refractivity (Wildman–Crippen MR) is 110 cm³/mol. The fraction of sp³-hybridized carbons (Fsp3) is 0.318. The maximum absolute atomic E-state index is 12.5. The normalized spacial score (nSPS) is 11.0. The second kappa shape index (κ2) is 9.80. The zero-order valence-electron chi connectivity index (χ0n) is 16.5. The summed E-state index contributed by atoms with van der Waals surface area (Å²) in [6.07, 6.45) is 3.21. The van der Waals surface area contributed by atoms with Gasteiger partial charge in [0.05, 0.1) is 6.54 Å². The SMILES string of the molecule is CCN(CC)Cc1ccc(C(=O)NCc2ccccc2Cn2cncn2)cc1. The van der Waals surface area contributed by atoms with Gasteiger partial charge in [-0.3, -0.25) is 9.69 Å². The Morgan fingerprint density at radius 2 is 1.75 bits per heavy atom. The molecule has 1 amide bonds. The van der Waals surface area contributed by atoms with E-state index >= 15 is 0 Å². The number of hydrogen-bond acceptors (Lipinski definition) is 4. The summed E-state index contributed by atoms with van der Waals surface area (Å²) in [4.78, 5) is 18.9. The van der Waals surface area contributed by atoms with E-state index in [4.69, 9.17) is 0 Å². The molecule has 3 rings (SSSR count). The molecule has 1 heterocycles. The van der Waals surface area contributed by atoms with E-state index in [-0.39, 0.29) is 5.91 Å². The number of hydrogen-bond donors (Lipinski definition) is 1. The molecular formula is C22H27N5O. The molecule has 0 aliphatic carbocycles. The third-order valence-corrected chi connectivity index (χ3v) is 4.87. The summed E-state index contributed by atoms with van der Waals surface area (Å²) < 4.78 is 1.77. The first kappa shape index (κ1) is 19.8. The standard InChI is InChI=1S/C22H27N5O/c1-3-26(4-2)14-18-9-11-19(12-10-18)22(28)24-13-20-7-5-6-8-21(20)15-27-17-23-16-25-27/h5-12,16-17H,3-4,13-15H2,1-2H3,(H,24,28). The average molecular weight is 377 g/mol. The lowest BCUT2D eigenvalue weighted by molar-refractivity contribution is 0.0951. The topological polar surface area (TPSA) is 63.1 Å². The minimum atomic E-state index is -0.0649. The molecular weight excluding hydrogens is 350 g/mol. The molecule has 3 aromatic rings. The minimum Gasteiger partial charge on any atom is -0.348 e.